The van der Waals surface area contributed by atoms with Crippen LogP contribution < -0.4 is 5.32 Å². The van der Waals surface area contributed by atoms with E-state index < -0.39 is 0 Å². The third kappa shape index (κ3) is 3.03. The molecular formula is C13H17N3S. The summed E-state index contributed by atoms with van der Waals surface area (Å²) in [7, 11) is 0. The molecule has 0 atom stereocenters. The fraction of sp³-hybridized carbons (Fsp3) is 0.308. The number of nitrogens with one attached hydrogen (secondary N) is 1. The standard InChI is InChI=1S/C13H17N3S/c1-3-9-16-10-8-14-13(16)15-11-4-6-12(17-2)7-5-11/h4-8,10H,3,9H2,1-2H3,(H,14,15). The summed E-state index contributed by atoms with van der Waals surface area (Å²) in [5.74, 6) is 0.906. The van der Waals surface area contributed by atoms with E-state index in [0.717, 1.165) is 24.6 Å². The number of benzene rings is 1. The Hall–Kier alpha value is -1.42. The van der Waals surface area contributed by atoms with Crippen LogP contribution in [0.1, 0.15) is 13.3 Å². The highest BCUT2D eigenvalue weighted by Crippen LogP contribution is 2.20. The van der Waals surface area contributed by atoms with E-state index in [2.05, 4.69) is 52.3 Å². The molecule has 17 heavy (non-hydrogen) atoms. The molecule has 90 valence electrons. The quantitative estimate of drug-likeness (QED) is 0.816. The number of nitrogens with zero attached hydrogens (tertiary/aromatic N) is 2. The number of imidazole rings is 1. The van der Waals surface area contributed by atoms with Gasteiger partial charge in [0.25, 0.3) is 0 Å². The topological polar surface area (TPSA) is 29.9 Å². The predicted octanol–water partition coefficient (Wildman–Crippen LogP) is 3.76. The summed E-state index contributed by atoms with van der Waals surface area (Å²) in [6, 6.07) is 8.38. The monoisotopic (exact) mass is 247 g/mol. The molecule has 1 heterocycles. The van der Waals surface area contributed by atoms with Crippen molar-refractivity contribution >= 4 is 23.4 Å². The third-order valence-electron chi connectivity index (χ3n) is 2.53. The zero-order valence-corrected chi connectivity index (χ0v) is 11.0. The molecule has 0 saturated carbocycles. The number of aromatic nitrogens is 2. The molecule has 0 saturated heterocycles. The maximum atomic E-state index is 4.32. The lowest BCUT2D eigenvalue weighted by molar-refractivity contribution is 0.686. The molecule has 2 rings (SSSR count). The van der Waals surface area contributed by atoms with Gasteiger partial charge in [0.1, 0.15) is 0 Å². The Morgan fingerprint density at radius 2 is 2.06 bits per heavy atom. The predicted molar refractivity (Wildman–Crippen MR) is 74.0 cm³/mol. The Bertz CT molecular complexity index is 462. The molecule has 1 aromatic heterocycles. The van der Waals surface area contributed by atoms with Gasteiger partial charge in [-0.1, -0.05) is 6.92 Å². The lowest BCUT2D eigenvalue weighted by Crippen LogP contribution is -2.02. The second kappa shape index (κ2) is 5.77. The molecule has 4 heteroatoms. The van der Waals surface area contributed by atoms with Crippen molar-refractivity contribution in [3.63, 3.8) is 0 Å². The van der Waals surface area contributed by atoms with E-state index in [1.807, 2.05) is 12.4 Å². The average molecular weight is 247 g/mol. The molecule has 1 aromatic carbocycles. The first-order valence-corrected chi connectivity index (χ1v) is 6.98. The molecule has 3 nitrogen and oxygen atoms in total. The van der Waals surface area contributed by atoms with Crippen molar-refractivity contribution in [1.82, 2.24) is 9.55 Å². The van der Waals surface area contributed by atoms with Gasteiger partial charge >= 0.3 is 0 Å². The van der Waals surface area contributed by atoms with Gasteiger partial charge in [-0.3, -0.25) is 0 Å². The van der Waals surface area contributed by atoms with E-state index in [9.17, 15) is 0 Å². The summed E-state index contributed by atoms with van der Waals surface area (Å²) < 4.78 is 2.13. The van der Waals surface area contributed by atoms with Crippen LogP contribution in [0.15, 0.2) is 41.6 Å². The van der Waals surface area contributed by atoms with Crippen molar-refractivity contribution in [3.8, 4) is 0 Å². The minimum atomic E-state index is 0.906. The smallest absolute Gasteiger partial charge is 0.207 e. The van der Waals surface area contributed by atoms with Crippen LogP contribution in [0.3, 0.4) is 0 Å². The van der Waals surface area contributed by atoms with E-state index in [1.165, 1.54) is 4.90 Å². The minimum absolute atomic E-state index is 0.906. The van der Waals surface area contributed by atoms with Gasteiger partial charge in [-0.2, -0.15) is 0 Å². The molecule has 0 aliphatic rings. The van der Waals surface area contributed by atoms with Gasteiger partial charge in [0.15, 0.2) is 0 Å². The number of anilines is 2. The number of aryl methyl sites for hydroxylation is 1. The van der Waals surface area contributed by atoms with Crippen LogP contribution in [-0.4, -0.2) is 15.8 Å². The lowest BCUT2D eigenvalue weighted by Gasteiger charge is -2.09. The van der Waals surface area contributed by atoms with Crippen molar-refractivity contribution in [1.29, 1.82) is 0 Å². The third-order valence-corrected chi connectivity index (χ3v) is 3.27. The molecule has 0 aliphatic heterocycles. The second-order valence-corrected chi connectivity index (χ2v) is 4.68. The van der Waals surface area contributed by atoms with Crippen molar-refractivity contribution in [2.45, 2.75) is 24.8 Å². The van der Waals surface area contributed by atoms with Crippen LogP contribution in [0, 0.1) is 0 Å². The fourth-order valence-corrected chi connectivity index (χ4v) is 2.07. The molecule has 0 spiro atoms. The number of thioether (sulfide) groups is 1. The van der Waals surface area contributed by atoms with Gasteiger partial charge in [0, 0.05) is 29.5 Å². The van der Waals surface area contributed by atoms with Crippen LogP contribution in [-0.2, 0) is 6.54 Å². The maximum absolute atomic E-state index is 4.32. The van der Waals surface area contributed by atoms with E-state index in [1.54, 1.807) is 11.8 Å². The van der Waals surface area contributed by atoms with Gasteiger partial charge in [0.2, 0.25) is 5.95 Å². The van der Waals surface area contributed by atoms with Crippen LogP contribution in [0.4, 0.5) is 11.6 Å². The van der Waals surface area contributed by atoms with Crippen LogP contribution >= 0.6 is 11.8 Å². The molecule has 0 bridgehead atoms. The van der Waals surface area contributed by atoms with Crippen LogP contribution in [0.25, 0.3) is 0 Å². The number of hydrogen-bond donors (Lipinski definition) is 1. The Kier molecular flexibility index (Phi) is 4.09. The van der Waals surface area contributed by atoms with Gasteiger partial charge in [0.05, 0.1) is 0 Å². The highest BCUT2D eigenvalue weighted by molar-refractivity contribution is 7.98. The average Bonchev–Trinajstić information content (AvgIpc) is 2.78. The zero-order valence-electron chi connectivity index (χ0n) is 10.2. The number of hydrogen-bond acceptors (Lipinski definition) is 3. The van der Waals surface area contributed by atoms with Gasteiger partial charge in [-0.25, -0.2) is 4.98 Å². The van der Waals surface area contributed by atoms with Crippen molar-refractivity contribution < 1.29 is 0 Å². The first kappa shape index (κ1) is 12.0. The number of rotatable bonds is 5. The molecule has 1 N–H and O–H groups in total. The van der Waals surface area contributed by atoms with Crippen molar-refractivity contribution in [2.75, 3.05) is 11.6 Å². The van der Waals surface area contributed by atoms with E-state index >= 15 is 0 Å². The molecular weight excluding hydrogens is 230 g/mol. The summed E-state index contributed by atoms with van der Waals surface area (Å²) in [6.45, 7) is 3.16. The normalized spacial score (nSPS) is 10.5. The van der Waals surface area contributed by atoms with Crippen molar-refractivity contribution in [3.05, 3.63) is 36.7 Å². The van der Waals surface area contributed by atoms with Crippen molar-refractivity contribution in [2.24, 2.45) is 0 Å². The Morgan fingerprint density at radius 3 is 2.71 bits per heavy atom. The highest BCUT2D eigenvalue weighted by atomic mass is 32.2. The summed E-state index contributed by atoms with van der Waals surface area (Å²) in [6.07, 6.45) is 7.02. The van der Waals surface area contributed by atoms with Gasteiger partial charge in [-0.05, 0) is 36.9 Å². The summed E-state index contributed by atoms with van der Waals surface area (Å²) in [5, 5.41) is 3.33. The SMILES string of the molecule is CCCn1ccnc1Nc1ccc(SC)cc1. The van der Waals surface area contributed by atoms with Crippen LogP contribution in [0.5, 0.6) is 0 Å². The van der Waals surface area contributed by atoms with E-state index in [-0.39, 0.29) is 0 Å². The lowest BCUT2D eigenvalue weighted by atomic mass is 10.3. The first-order chi connectivity index (χ1) is 8.33. The van der Waals surface area contributed by atoms with E-state index in [0.29, 0.717) is 0 Å². The Balaban J connectivity index is 2.10. The largest absolute Gasteiger partial charge is 0.326 e. The van der Waals surface area contributed by atoms with E-state index in [4.69, 9.17) is 0 Å². The molecule has 0 radical (unpaired) electrons. The molecule has 0 aliphatic carbocycles. The molecule has 0 fully saturated rings. The zero-order chi connectivity index (χ0) is 12.1. The molecule has 2 aromatic rings. The first-order valence-electron chi connectivity index (χ1n) is 5.75. The van der Waals surface area contributed by atoms with Gasteiger partial charge in [-0.15, -0.1) is 11.8 Å². The molecule has 0 unspecified atom stereocenters. The Morgan fingerprint density at radius 1 is 1.29 bits per heavy atom. The highest BCUT2D eigenvalue weighted by Gasteiger charge is 2.01. The Labute approximate surface area is 106 Å². The van der Waals surface area contributed by atoms with Crippen LogP contribution in [0.2, 0.25) is 0 Å². The minimum Gasteiger partial charge on any atom is -0.326 e. The summed E-state index contributed by atoms with van der Waals surface area (Å²) in [5.41, 5.74) is 1.08. The summed E-state index contributed by atoms with van der Waals surface area (Å²) >= 11 is 1.75. The molecule has 0 amide bonds. The van der Waals surface area contributed by atoms with Gasteiger partial charge < -0.3 is 9.88 Å². The maximum Gasteiger partial charge on any atom is 0.207 e. The second-order valence-electron chi connectivity index (χ2n) is 3.80. The summed E-state index contributed by atoms with van der Waals surface area (Å²) in [4.78, 5) is 5.59. The fourth-order valence-electron chi connectivity index (χ4n) is 1.66.